The summed E-state index contributed by atoms with van der Waals surface area (Å²) >= 11 is 13.7. The second-order valence-electron chi connectivity index (χ2n) is 5.24. The fourth-order valence-corrected chi connectivity index (χ4v) is 3.77. The molecular formula is C15H11Cl2N7S. The molecule has 4 rings (SSSR count). The molecule has 126 valence electrons. The molecule has 0 radical (unpaired) electrons. The van der Waals surface area contributed by atoms with Crippen LogP contribution in [0.4, 0.5) is 5.82 Å². The lowest BCUT2D eigenvalue weighted by Gasteiger charge is -2.13. The lowest BCUT2D eigenvalue weighted by atomic mass is 10.2. The molecule has 0 saturated carbocycles. The summed E-state index contributed by atoms with van der Waals surface area (Å²) in [5.74, 6) is 1.82. The molecule has 1 aromatic carbocycles. The Morgan fingerprint density at radius 3 is 2.76 bits per heavy atom. The molecule has 0 aliphatic heterocycles. The van der Waals surface area contributed by atoms with Crippen LogP contribution >= 0.6 is 34.7 Å². The Morgan fingerprint density at radius 1 is 1.16 bits per heavy atom. The molecule has 0 aliphatic carbocycles. The van der Waals surface area contributed by atoms with E-state index in [1.165, 1.54) is 17.9 Å². The van der Waals surface area contributed by atoms with Gasteiger partial charge in [0.15, 0.2) is 5.82 Å². The molecule has 0 aliphatic rings. The van der Waals surface area contributed by atoms with Gasteiger partial charge in [0.2, 0.25) is 0 Å². The van der Waals surface area contributed by atoms with Gasteiger partial charge in [-0.05, 0) is 36.7 Å². The van der Waals surface area contributed by atoms with E-state index in [1.807, 2.05) is 13.0 Å². The maximum absolute atomic E-state index is 6.23. The summed E-state index contributed by atoms with van der Waals surface area (Å²) in [6.45, 7) is 1.96. The SMILES string of the molecule is CC(Nc1nsc2c(Cl)cc(Cl)cc12)c1ncnn1-c1ncccn1. The van der Waals surface area contributed by atoms with E-state index in [1.54, 1.807) is 29.2 Å². The minimum absolute atomic E-state index is 0.186. The van der Waals surface area contributed by atoms with Crippen molar-refractivity contribution in [3.8, 4) is 5.95 Å². The summed E-state index contributed by atoms with van der Waals surface area (Å²) in [7, 11) is 0. The Balaban J connectivity index is 1.68. The van der Waals surface area contributed by atoms with Crippen LogP contribution in [-0.4, -0.2) is 29.1 Å². The smallest absolute Gasteiger partial charge is 0.252 e. The van der Waals surface area contributed by atoms with Crippen molar-refractivity contribution in [2.24, 2.45) is 0 Å². The summed E-state index contributed by atoms with van der Waals surface area (Å²) in [6.07, 6.45) is 4.78. The first kappa shape index (κ1) is 16.2. The number of benzene rings is 1. The largest absolute Gasteiger partial charge is 0.359 e. The molecular weight excluding hydrogens is 381 g/mol. The average Bonchev–Trinajstić information content (AvgIpc) is 3.23. The molecule has 1 atom stereocenters. The van der Waals surface area contributed by atoms with E-state index in [9.17, 15) is 0 Å². The van der Waals surface area contributed by atoms with Crippen molar-refractivity contribution in [2.45, 2.75) is 13.0 Å². The maximum Gasteiger partial charge on any atom is 0.252 e. The van der Waals surface area contributed by atoms with Gasteiger partial charge in [0, 0.05) is 22.8 Å². The van der Waals surface area contributed by atoms with Crippen LogP contribution < -0.4 is 5.32 Å². The third-order valence-electron chi connectivity index (χ3n) is 3.55. The summed E-state index contributed by atoms with van der Waals surface area (Å²) in [5, 5.41) is 9.56. The third kappa shape index (κ3) is 3.04. The topological polar surface area (TPSA) is 81.4 Å². The molecule has 3 aromatic heterocycles. The highest BCUT2D eigenvalue weighted by molar-refractivity contribution is 7.14. The van der Waals surface area contributed by atoms with Crippen LogP contribution in [0.3, 0.4) is 0 Å². The van der Waals surface area contributed by atoms with Gasteiger partial charge in [0.05, 0.1) is 15.8 Å². The maximum atomic E-state index is 6.23. The van der Waals surface area contributed by atoms with Gasteiger partial charge in [0.1, 0.15) is 12.1 Å². The van der Waals surface area contributed by atoms with Crippen molar-refractivity contribution in [1.82, 2.24) is 29.1 Å². The molecule has 0 amide bonds. The van der Waals surface area contributed by atoms with Crippen LogP contribution in [0.15, 0.2) is 36.9 Å². The van der Waals surface area contributed by atoms with Crippen molar-refractivity contribution in [1.29, 1.82) is 0 Å². The predicted octanol–water partition coefficient (Wildman–Crippen LogP) is 4.15. The summed E-state index contributed by atoms with van der Waals surface area (Å²) in [5.41, 5.74) is 0. The first-order valence-electron chi connectivity index (χ1n) is 7.32. The summed E-state index contributed by atoms with van der Waals surface area (Å²) in [6, 6.07) is 5.11. The molecule has 4 aromatic rings. The number of nitrogens with zero attached hydrogens (tertiary/aromatic N) is 6. The predicted molar refractivity (Wildman–Crippen MR) is 98.6 cm³/mol. The monoisotopic (exact) mass is 391 g/mol. The Bertz CT molecular complexity index is 1030. The average molecular weight is 392 g/mol. The number of hydrogen-bond donors (Lipinski definition) is 1. The van der Waals surface area contributed by atoms with Gasteiger partial charge in [-0.2, -0.15) is 14.2 Å². The van der Waals surface area contributed by atoms with Gasteiger partial charge in [-0.25, -0.2) is 15.0 Å². The molecule has 25 heavy (non-hydrogen) atoms. The number of hydrogen-bond acceptors (Lipinski definition) is 7. The Hall–Kier alpha value is -2.29. The van der Waals surface area contributed by atoms with Gasteiger partial charge >= 0.3 is 0 Å². The van der Waals surface area contributed by atoms with E-state index in [0.717, 1.165) is 10.1 Å². The number of nitrogens with one attached hydrogen (secondary N) is 1. The van der Waals surface area contributed by atoms with Gasteiger partial charge in [-0.15, -0.1) is 0 Å². The molecule has 0 spiro atoms. The first-order valence-corrected chi connectivity index (χ1v) is 8.84. The van der Waals surface area contributed by atoms with E-state index < -0.39 is 0 Å². The zero-order valence-electron chi connectivity index (χ0n) is 12.9. The van der Waals surface area contributed by atoms with Crippen LogP contribution in [0, 0.1) is 0 Å². The van der Waals surface area contributed by atoms with Crippen LogP contribution in [-0.2, 0) is 0 Å². The molecule has 10 heteroatoms. The lowest BCUT2D eigenvalue weighted by Crippen LogP contribution is -2.15. The fraction of sp³-hybridized carbons (Fsp3) is 0.133. The van der Waals surface area contributed by atoms with E-state index in [0.29, 0.717) is 27.6 Å². The highest BCUT2D eigenvalue weighted by Gasteiger charge is 2.18. The van der Waals surface area contributed by atoms with Gasteiger partial charge in [-0.3, -0.25) is 0 Å². The van der Waals surface area contributed by atoms with Crippen molar-refractivity contribution in [3.63, 3.8) is 0 Å². The van der Waals surface area contributed by atoms with Gasteiger partial charge in [0.25, 0.3) is 5.95 Å². The van der Waals surface area contributed by atoms with Crippen molar-refractivity contribution in [2.75, 3.05) is 5.32 Å². The lowest BCUT2D eigenvalue weighted by molar-refractivity contribution is 0.695. The van der Waals surface area contributed by atoms with E-state index in [-0.39, 0.29) is 6.04 Å². The Kier molecular flexibility index (Phi) is 4.24. The number of fused-ring (bicyclic) bond motifs is 1. The second-order valence-corrected chi connectivity index (χ2v) is 6.86. The third-order valence-corrected chi connectivity index (χ3v) is 5.07. The van der Waals surface area contributed by atoms with Gasteiger partial charge in [-0.1, -0.05) is 23.2 Å². The molecule has 0 fully saturated rings. The normalized spacial score (nSPS) is 12.4. The van der Waals surface area contributed by atoms with Crippen molar-refractivity contribution >= 4 is 50.6 Å². The zero-order chi connectivity index (χ0) is 17.4. The second kappa shape index (κ2) is 6.55. The fourth-order valence-electron chi connectivity index (χ4n) is 2.44. The summed E-state index contributed by atoms with van der Waals surface area (Å²) in [4.78, 5) is 12.7. The van der Waals surface area contributed by atoms with Crippen LogP contribution in [0.25, 0.3) is 16.0 Å². The number of anilines is 1. The standard InChI is InChI=1S/C15H11Cl2N7S/c1-8(14-20-7-21-24(14)15-18-3-2-4-19-15)22-13-10-5-9(16)6-11(17)12(10)25-23-13/h2-8H,1H3,(H,22,23). The highest BCUT2D eigenvalue weighted by atomic mass is 35.5. The number of halogens is 2. The quantitative estimate of drug-likeness (QED) is 0.562. The first-order chi connectivity index (χ1) is 12.1. The van der Waals surface area contributed by atoms with E-state index >= 15 is 0 Å². The van der Waals surface area contributed by atoms with E-state index in [4.69, 9.17) is 23.2 Å². The molecule has 3 heterocycles. The van der Waals surface area contributed by atoms with Crippen molar-refractivity contribution < 1.29 is 0 Å². The molecule has 0 saturated heterocycles. The van der Waals surface area contributed by atoms with Gasteiger partial charge < -0.3 is 5.32 Å². The van der Waals surface area contributed by atoms with E-state index in [2.05, 4.69) is 29.7 Å². The van der Waals surface area contributed by atoms with Crippen LogP contribution in [0.2, 0.25) is 10.0 Å². The Morgan fingerprint density at radius 2 is 1.96 bits per heavy atom. The molecule has 0 bridgehead atoms. The highest BCUT2D eigenvalue weighted by Crippen LogP contribution is 2.36. The molecule has 7 nitrogen and oxygen atoms in total. The minimum atomic E-state index is -0.186. The number of rotatable bonds is 4. The molecule has 1 unspecified atom stereocenters. The van der Waals surface area contributed by atoms with Crippen molar-refractivity contribution in [3.05, 3.63) is 52.8 Å². The van der Waals surface area contributed by atoms with Crippen LogP contribution in [0.5, 0.6) is 0 Å². The zero-order valence-corrected chi connectivity index (χ0v) is 15.2. The summed E-state index contributed by atoms with van der Waals surface area (Å²) < 4.78 is 6.92. The Labute approximate surface area is 156 Å². The number of aromatic nitrogens is 6. The van der Waals surface area contributed by atoms with Crippen LogP contribution in [0.1, 0.15) is 18.8 Å². The molecule has 1 N–H and O–H groups in total. The minimum Gasteiger partial charge on any atom is -0.359 e.